The Bertz CT molecular complexity index is 760. The molecule has 1 aliphatic rings. The van der Waals surface area contributed by atoms with Gasteiger partial charge in [0.1, 0.15) is 17.9 Å². The monoisotopic (exact) mass is 301 g/mol. The maximum Gasteiger partial charge on any atom is 0.258 e. The number of nitrogens with one attached hydrogen (secondary N) is 1. The molecule has 6 nitrogen and oxygen atoms in total. The number of piperazine rings is 1. The van der Waals surface area contributed by atoms with Crippen LogP contribution in [0.1, 0.15) is 18.3 Å². The van der Waals surface area contributed by atoms with Crippen molar-refractivity contribution < 1.29 is 9.69 Å². The van der Waals surface area contributed by atoms with E-state index in [9.17, 15) is 9.59 Å². The number of aryl methyl sites for hydroxylation is 1. The summed E-state index contributed by atoms with van der Waals surface area (Å²) >= 11 is 0. The van der Waals surface area contributed by atoms with Crippen molar-refractivity contribution in [1.29, 1.82) is 0 Å². The van der Waals surface area contributed by atoms with Crippen molar-refractivity contribution in [2.75, 3.05) is 26.2 Å². The van der Waals surface area contributed by atoms with Crippen LogP contribution < -0.4 is 10.5 Å². The van der Waals surface area contributed by atoms with E-state index in [2.05, 4.69) is 4.98 Å². The molecule has 6 heteroatoms. The van der Waals surface area contributed by atoms with Gasteiger partial charge < -0.3 is 9.80 Å². The van der Waals surface area contributed by atoms with Crippen LogP contribution in [0.3, 0.4) is 0 Å². The largest absolute Gasteiger partial charge is 0.332 e. The Kier molecular flexibility index (Phi) is 3.94. The Hall–Kier alpha value is -2.21. The van der Waals surface area contributed by atoms with Crippen molar-refractivity contribution in [3.8, 4) is 0 Å². The Morgan fingerprint density at radius 3 is 2.73 bits per heavy atom. The molecule has 1 fully saturated rings. The second kappa shape index (κ2) is 5.88. The van der Waals surface area contributed by atoms with E-state index in [0.717, 1.165) is 44.1 Å². The van der Waals surface area contributed by atoms with Crippen LogP contribution in [0.4, 0.5) is 0 Å². The van der Waals surface area contributed by atoms with Gasteiger partial charge in [0, 0.05) is 18.7 Å². The lowest BCUT2D eigenvalue weighted by atomic mass is 10.2. The van der Waals surface area contributed by atoms with Crippen molar-refractivity contribution in [3.05, 3.63) is 46.0 Å². The predicted octanol–water partition coefficient (Wildman–Crippen LogP) is -0.750. The van der Waals surface area contributed by atoms with E-state index in [4.69, 9.17) is 0 Å². The molecule has 0 radical (unpaired) electrons. The average Bonchev–Trinajstić information content (AvgIpc) is 2.47. The molecule has 1 aliphatic heterocycles. The van der Waals surface area contributed by atoms with E-state index in [1.54, 1.807) is 17.4 Å². The van der Waals surface area contributed by atoms with Crippen molar-refractivity contribution in [2.24, 2.45) is 0 Å². The number of carbonyl (C=O) groups excluding carboxylic acids is 1. The molecule has 0 atom stereocenters. The summed E-state index contributed by atoms with van der Waals surface area (Å²) in [5.41, 5.74) is 2.38. The molecular formula is C16H21N4O2+. The van der Waals surface area contributed by atoms with Gasteiger partial charge in [-0.1, -0.05) is 6.07 Å². The zero-order chi connectivity index (χ0) is 15.7. The molecule has 1 amide bonds. The summed E-state index contributed by atoms with van der Waals surface area (Å²) < 4.78 is 1.63. The zero-order valence-electron chi connectivity index (χ0n) is 13.0. The minimum Gasteiger partial charge on any atom is -0.332 e. The molecule has 0 spiro atoms. The summed E-state index contributed by atoms with van der Waals surface area (Å²) in [5.74, 6) is 0.136. The molecule has 2 aromatic rings. The fourth-order valence-corrected chi connectivity index (χ4v) is 3.02. The Morgan fingerprint density at radius 1 is 1.32 bits per heavy atom. The second-order valence-corrected chi connectivity index (χ2v) is 5.88. The van der Waals surface area contributed by atoms with Gasteiger partial charge in [-0.15, -0.1) is 0 Å². The molecule has 0 unspecified atom stereocenters. The number of hydrogen-bond acceptors (Lipinski definition) is 3. The van der Waals surface area contributed by atoms with Crippen molar-refractivity contribution in [1.82, 2.24) is 14.3 Å². The first kappa shape index (κ1) is 14.7. The number of amides is 1. The number of nitrogens with zero attached hydrogens (tertiary/aromatic N) is 3. The highest BCUT2D eigenvalue weighted by Gasteiger charge is 2.22. The van der Waals surface area contributed by atoms with Crippen LogP contribution in [0.15, 0.2) is 29.1 Å². The second-order valence-electron chi connectivity index (χ2n) is 5.88. The van der Waals surface area contributed by atoms with Crippen LogP contribution in [0.25, 0.3) is 5.65 Å². The molecule has 0 aromatic carbocycles. The van der Waals surface area contributed by atoms with Gasteiger partial charge in [-0.3, -0.25) is 14.0 Å². The SMILES string of the molecule is CC(=O)N1CC[NH+](Cc2cc(=O)n3c(C)cccc3n2)CC1. The summed E-state index contributed by atoms with van der Waals surface area (Å²) in [6.45, 7) is 7.59. The third-order valence-corrected chi connectivity index (χ3v) is 4.28. The predicted molar refractivity (Wildman–Crippen MR) is 82.9 cm³/mol. The fourth-order valence-electron chi connectivity index (χ4n) is 3.02. The smallest absolute Gasteiger partial charge is 0.258 e. The Morgan fingerprint density at radius 2 is 2.05 bits per heavy atom. The molecule has 0 aliphatic carbocycles. The van der Waals surface area contributed by atoms with Gasteiger partial charge in [0.25, 0.3) is 5.56 Å². The van der Waals surface area contributed by atoms with E-state index in [0.29, 0.717) is 5.65 Å². The maximum atomic E-state index is 12.3. The summed E-state index contributed by atoms with van der Waals surface area (Å²) in [7, 11) is 0. The van der Waals surface area contributed by atoms with Crippen LogP contribution in [0.5, 0.6) is 0 Å². The molecule has 0 saturated carbocycles. The number of fused-ring (bicyclic) bond motifs is 1. The van der Waals surface area contributed by atoms with Crippen LogP contribution >= 0.6 is 0 Å². The number of rotatable bonds is 2. The first-order valence-corrected chi connectivity index (χ1v) is 7.62. The van der Waals surface area contributed by atoms with E-state index < -0.39 is 0 Å². The lowest BCUT2D eigenvalue weighted by Crippen LogP contribution is -3.13. The highest BCUT2D eigenvalue weighted by Crippen LogP contribution is 2.02. The molecule has 1 N–H and O–H groups in total. The van der Waals surface area contributed by atoms with Gasteiger partial charge in [0.2, 0.25) is 5.91 Å². The van der Waals surface area contributed by atoms with Gasteiger partial charge in [0.15, 0.2) is 0 Å². The first-order chi connectivity index (χ1) is 10.5. The molecule has 1 saturated heterocycles. The van der Waals surface area contributed by atoms with E-state index in [-0.39, 0.29) is 11.5 Å². The van der Waals surface area contributed by atoms with E-state index in [1.165, 1.54) is 4.90 Å². The molecule has 22 heavy (non-hydrogen) atoms. The summed E-state index contributed by atoms with van der Waals surface area (Å²) in [5, 5.41) is 0. The van der Waals surface area contributed by atoms with Crippen molar-refractivity contribution in [3.63, 3.8) is 0 Å². The van der Waals surface area contributed by atoms with Crippen molar-refractivity contribution >= 4 is 11.6 Å². The quantitative estimate of drug-likeness (QED) is 0.794. The number of pyridine rings is 1. The van der Waals surface area contributed by atoms with Gasteiger partial charge in [-0.25, -0.2) is 4.98 Å². The number of hydrogen-bond donors (Lipinski definition) is 1. The maximum absolute atomic E-state index is 12.3. The lowest BCUT2D eigenvalue weighted by Gasteiger charge is -2.31. The molecular weight excluding hydrogens is 280 g/mol. The van der Waals surface area contributed by atoms with Crippen LogP contribution in [0.2, 0.25) is 0 Å². The van der Waals surface area contributed by atoms with Gasteiger partial charge in [-0.2, -0.15) is 0 Å². The van der Waals surface area contributed by atoms with E-state index in [1.807, 2.05) is 30.0 Å². The highest BCUT2D eigenvalue weighted by atomic mass is 16.2. The van der Waals surface area contributed by atoms with Crippen molar-refractivity contribution in [2.45, 2.75) is 20.4 Å². The topological polar surface area (TPSA) is 59.1 Å². The van der Waals surface area contributed by atoms with Gasteiger partial charge in [0.05, 0.1) is 26.2 Å². The van der Waals surface area contributed by atoms with Gasteiger partial charge >= 0.3 is 0 Å². The normalized spacial score (nSPS) is 16.2. The highest BCUT2D eigenvalue weighted by molar-refractivity contribution is 5.73. The molecule has 3 heterocycles. The first-order valence-electron chi connectivity index (χ1n) is 7.62. The van der Waals surface area contributed by atoms with Crippen LogP contribution in [-0.4, -0.2) is 46.4 Å². The van der Waals surface area contributed by atoms with E-state index >= 15 is 0 Å². The number of quaternary nitrogens is 1. The lowest BCUT2D eigenvalue weighted by molar-refractivity contribution is -0.917. The molecule has 2 aromatic heterocycles. The zero-order valence-corrected chi connectivity index (χ0v) is 13.0. The van der Waals surface area contributed by atoms with Gasteiger partial charge in [-0.05, 0) is 19.1 Å². The molecule has 116 valence electrons. The fraction of sp³-hybridized carbons (Fsp3) is 0.438. The third kappa shape index (κ3) is 2.87. The standard InChI is InChI=1S/C16H20N4O2/c1-12-4-3-5-15-17-14(10-16(22)20(12)15)11-18-6-8-19(9-7-18)13(2)21/h3-5,10H,6-9,11H2,1-2H3/p+1. The summed E-state index contributed by atoms with van der Waals surface area (Å²) in [4.78, 5) is 31.5. The minimum absolute atomic E-state index is 0.0279. The average molecular weight is 301 g/mol. The number of carbonyl (C=O) groups is 1. The van der Waals surface area contributed by atoms with Crippen LogP contribution in [0, 0.1) is 6.92 Å². The molecule has 3 rings (SSSR count). The third-order valence-electron chi connectivity index (χ3n) is 4.28. The number of aromatic nitrogens is 2. The molecule has 0 bridgehead atoms. The van der Waals surface area contributed by atoms with Crippen LogP contribution in [-0.2, 0) is 11.3 Å². The minimum atomic E-state index is -0.0279. The Labute approximate surface area is 129 Å². The summed E-state index contributed by atoms with van der Waals surface area (Å²) in [6.07, 6.45) is 0. The Balaban J connectivity index is 1.78. The summed E-state index contributed by atoms with van der Waals surface area (Å²) in [6, 6.07) is 7.31.